The molecule has 3 atom stereocenters. The van der Waals surface area contributed by atoms with Gasteiger partial charge < -0.3 is 5.32 Å². The molecule has 3 unspecified atom stereocenters. The molecule has 4 heteroatoms. The molecule has 1 aliphatic rings. The van der Waals surface area contributed by atoms with Crippen LogP contribution >= 0.6 is 11.6 Å². The summed E-state index contributed by atoms with van der Waals surface area (Å²) < 4.78 is 0. The smallest absolute Gasteiger partial charge is 0.254 e. The van der Waals surface area contributed by atoms with Crippen molar-refractivity contribution >= 4 is 17.5 Å². The predicted octanol–water partition coefficient (Wildman–Crippen LogP) is 3.29. The van der Waals surface area contributed by atoms with Crippen molar-refractivity contribution < 1.29 is 4.79 Å². The molecule has 18 heavy (non-hydrogen) atoms. The number of rotatable bonds is 2. The molecular formula is C14H19ClN2O. The quantitative estimate of drug-likeness (QED) is 0.893. The predicted molar refractivity (Wildman–Crippen MR) is 72.7 cm³/mol. The number of nitrogens with zero attached hydrogens (tertiary/aromatic N) is 1. The highest BCUT2D eigenvalue weighted by atomic mass is 35.5. The van der Waals surface area contributed by atoms with E-state index in [9.17, 15) is 4.79 Å². The van der Waals surface area contributed by atoms with Gasteiger partial charge in [-0.15, -0.1) is 0 Å². The second-order valence-corrected chi connectivity index (χ2v) is 5.70. The molecule has 1 aromatic heterocycles. The van der Waals surface area contributed by atoms with Crippen molar-refractivity contribution in [2.24, 2.45) is 11.8 Å². The third-order valence-corrected chi connectivity index (χ3v) is 4.28. The molecule has 0 saturated heterocycles. The van der Waals surface area contributed by atoms with Gasteiger partial charge in [0, 0.05) is 18.4 Å². The number of amides is 1. The van der Waals surface area contributed by atoms with E-state index in [-0.39, 0.29) is 11.9 Å². The van der Waals surface area contributed by atoms with Gasteiger partial charge in [0.2, 0.25) is 0 Å². The average molecular weight is 267 g/mol. The normalized spacial score (nSPS) is 27.8. The van der Waals surface area contributed by atoms with E-state index in [1.54, 1.807) is 12.3 Å². The molecule has 1 amide bonds. The minimum atomic E-state index is -0.111. The van der Waals surface area contributed by atoms with Gasteiger partial charge in [0.25, 0.3) is 5.91 Å². The maximum atomic E-state index is 12.1. The summed E-state index contributed by atoms with van der Waals surface area (Å²) in [5.74, 6) is 1.30. The van der Waals surface area contributed by atoms with Crippen molar-refractivity contribution in [2.75, 3.05) is 0 Å². The van der Waals surface area contributed by atoms with Crippen molar-refractivity contribution in [1.82, 2.24) is 10.3 Å². The van der Waals surface area contributed by atoms with Crippen molar-refractivity contribution in [3.63, 3.8) is 0 Å². The number of aromatic nitrogens is 1. The van der Waals surface area contributed by atoms with Crippen LogP contribution in [0.25, 0.3) is 0 Å². The molecule has 2 rings (SSSR count). The van der Waals surface area contributed by atoms with Gasteiger partial charge in [-0.05, 0) is 37.2 Å². The summed E-state index contributed by atoms with van der Waals surface area (Å²) in [5, 5.41) is 3.52. The van der Waals surface area contributed by atoms with Gasteiger partial charge in [-0.25, -0.2) is 0 Å². The zero-order chi connectivity index (χ0) is 13.1. The highest BCUT2D eigenvalue weighted by Crippen LogP contribution is 2.29. The van der Waals surface area contributed by atoms with Crippen LogP contribution in [0.5, 0.6) is 0 Å². The van der Waals surface area contributed by atoms with Crippen LogP contribution in [0.15, 0.2) is 18.5 Å². The monoisotopic (exact) mass is 266 g/mol. The second-order valence-electron chi connectivity index (χ2n) is 5.29. The summed E-state index contributed by atoms with van der Waals surface area (Å²) >= 11 is 5.99. The Bertz CT molecular complexity index is 436. The molecule has 0 bridgehead atoms. The molecule has 0 radical (unpaired) electrons. The standard InChI is InChI=1S/C14H19ClN2O/c1-9-3-4-11(7-10(9)2)17-14(18)12-8-16-6-5-13(12)15/h5-6,8-11H,3-4,7H2,1-2H3,(H,17,18). The molecular weight excluding hydrogens is 248 g/mol. The summed E-state index contributed by atoms with van der Waals surface area (Å²) in [5.41, 5.74) is 0.463. The first-order valence-corrected chi connectivity index (χ1v) is 6.86. The van der Waals surface area contributed by atoms with E-state index in [2.05, 4.69) is 24.1 Å². The first-order valence-electron chi connectivity index (χ1n) is 6.48. The summed E-state index contributed by atoms with van der Waals surface area (Å²) in [6.45, 7) is 4.53. The summed E-state index contributed by atoms with van der Waals surface area (Å²) in [4.78, 5) is 16.0. The lowest BCUT2D eigenvalue weighted by Gasteiger charge is -2.32. The average Bonchev–Trinajstić information content (AvgIpc) is 2.34. The van der Waals surface area contributed by atoms with E-state index >= 15 is 0 Å². The Balaban J connectivity index is 1.98. The van der Waals surface area contributed by atoms with Crippen LogP contribution in [0, 0.1) is 11.8 Å². The molecule has 98 valence electrons. The Morgan fingerprint density at radius 1 is 1.39 bits per heavy atom. The molecule has 1 heterocycles. The molecule has 3 nitrogen and oxygen atoms in total. The van der Waals surface area contributed by atoms with E-state index in [4.69, 9.17) is 11.6 Å². The van der Waals surface area contributed by atoms with Crippen molar-refractivity contribution in [3.05, 3.63) is 29.0 Å². The van der Waals surface area contributed by atoms with Crippen molar-refractivity contribution in [3.8, 4) is 0 Å². The molecule has 1 saturated carbocycles. The molecule has 1 aromatic rings. The molecule has 0 spiro atoms. The van der Waals surface area contributed by atoms with Gasteiger partial charge in [-0.1, -0.05) is 25.4 Å². The lowest BCUT2D eigenvalue weighted by atomic mass is 9.79. The molecule has 0 aromatic carbocycles. The third kappa shape index (κ3) is 3.02. The third-order valence-electron chi connectivity index (χ3n) is 3.95. The highest BCUT2D eigenvalue weighted by Gasteiger charge is 2.26. The molecule has 1 fully saturated rings. The number of hydrogen-bond donors (Lipinski definition) is 1. The number of carbonyl (C=O) groups is 1. The molecule has 0 aliphatic heterocycles. The van der Waals surface area contributed by atoms with Crippen LogP contribution in [0.2, 0.25) is 5.02 Å². The number of halogens is 1. The molecule has 1 aliphatic carbocycles. The first-order chi connectivity index (χ1) is 8.58. The fourth-order valence-electron chi connectivity index (χ4n) is 2.49. The summed E-state index contributed by atoms with van der Waals surface area (Å²) in [6.07, 6.45) is 6.38. The Morgan fingerprint density at radius 3 is 2.83 bits per heavy atom. The van der Waals surface area contributed by atoms with E-state index < -0.39 is 0 Å². The Kier molecular flexibility index (Phi) is 4.23. The molecule has 1 N–H and O–H groups in total. The zero-order valence-electron chi connectivity index (χ0n) is 10.8. The largest absolute Gasteiger partial charge is 0.349 e. The van der Waals surface area contributed by atoms with Crippen molar-refractivity contribution in [2.45, 2.75) is 39.2 Å². The van der Waals surface area contributed by atoms with E-state index in [1.807, 2.05) is 0 Å². The van der Waals surface area contributed by atoms with E-state index in [0.717, 1.165) is 18.8 Å². The second kappa shape index (κ2) is 5.70. The minimum Gasteiger partial charge on any atom is -0.349 e. The fraction of sp³-hybridized carbons (Fsp3) is 0.571. The Labute approximate surface area is 113 Å². The van der Waals surface area contributed by atoms with Gasteiger partial charge in [-0.3, -0.25) is 9.78 Å². The van der Waals surface area contributed by atoms with Crippen LogP contribution in [0.3, 0.4) is 0 Å². The van der Waals surface area contributed by atoms with Gasteiger partial charge >= 0.3 is 0 Å². The first kappa shape index (κ1) is 13.3. The number of hydrogen-bond acceptors (Lipinski definition) is 2. The lowest BCUT2D eigenvalue weighted by Crippen LogP contribution is -2.39. The Hall–Kier alpha value is -1.09. The van der Waals surface area contributed by atoms with Gasteiger partial charge in [-0.2, -0.15) is 0 Å². The number of nitrogens with one attached hydrogen (secondary N) is 1. The van der Waals surface area contributed by atoms with Crippen LogP contribution in [-0.4, -0.2) is 16.9 Å². The van der Waals surface area contributed by atoms with Crippen molar-refractivity contribution in [1.29, 1.82) is 0 Å². The van der Waals surface area contributed by atoms with Gasteiger partial charge in [0.05, 0.1) is 10.6 Å². The fourth-order valence-corrected chi connectivity index (χ4v) is 2.68. The van der Waals surface area contributed by atoms with Crippen LogP contribution in [0.4, 0.5) is 0 Å². The maximum absolute atomic E-state index is 12.1. The maximum Gasteiger partial charge on any atom is 0.254 e. The van der Waals surface area contributed by atoms with E-state index in [1.165, 1.54) is 12.6 Å². The number of carbonyl (C=O) groups excluding carboxylic acids is 1. The zero-order valence-corrected chi connectivity index (χ0v) is 11.6. The SMILES string of the molecule is CC1CCC(NC(=O)c2cnccc2Cl)CC1C. The van der Waals surface area contributed by atoms with Crippen LogP contribution < -0.4 is 5.32 Å². The van der Waals surface area contributed by atoms with Crippen LogP contribution in [0.1, 0.15) is 43.5 Å². The topological polar surface area (TPSA) is 42.0 Å². The minimum absolute atomic E-state index is 0.111. The Morgan fingerprint density at radius 2 is 2.17 bits per heavy atom. The lowest BCUT2D eigenvalue weighted by molar-refractivity contribution is 0.0910. The van der Waals surface area contributed by atoms with E-state index in [0.29, 0.717) is 16.5 Å². The van der Waals surface area contributed by atoms with Gasteiger partial charge in [0.15, 0.2) is 0 Å². The van der Waals surface area contributed by atoms with Crippen LogP contribution in [-0.2, 0) is 0 Å². The summed E-state index contributed by atoms with van der Waals surface area (Å²) in [6, 6.07) is 1.90. The highest BCUT2D eigenvalue weighted by molar-refractivity contribution is 6.33. The van der Waals surface area contributed by atoms with Gasteiger partial charge in [0.1, 0.15) is 0 Å². The number of pyridine rings is 1. The summed E-state index contributed by atoms with van der Waals surface area (Å²) in [7, 11) is 0.